The van der Waals surface area contributed by atoms with Gasteiger partial charge in [0.2, 0.25) is 0 Å². The highest BCUT2D eigenvalue weighted by atomic mass is 32.2. The number of para-hydroxylation sites is 1. The van der Waals surface area contributed by atoms with Gasteiger partial charge in [0.15, 0.2) is 0 Å². The number of thioether (sulfide) groups is 2. The number of rotatable bonds is 5. The van der Waals surface area contributed by atoms with Gasteiger partial charge in [0.25, 0.3) is 0 Å². The zero-order valence-corrected chi connectivity index (χ0v) is 16.7. The van der Waals surface area contributed by atoms with Crippen molar-refractivity contribution in [2.45, 2.75) is 37.5 Å². The second kappa shape index (κ2) is 16.9. The van der Waals surface area contributed by atoms with Crippen LogP contribution >= 0.6 is 23.5 Å². The van der Waals surface area contributed by atoms with Gasteiger partial charge in [-0.2, -0.15) is 0 Å². The van der Waals surface area contributed by atoms with Gasteiger partial charge in [0.1, 0.15) is 12.5 Å². The summed E-state index contributed by atoms with van der Waals surface area (Å²) in [4.78, 5) is 20.6. The van der Waals surface area contributed by atoms with Gasteiger partial charge in [-0.15, -0.1) is 23.5 Å². The SMILES string of the molecule is C=O.CC.CC.O=C(O)c1ccccc1SCSc1ccccc1O. The van der Waals surface area contributed by atoms with Gasteiger partial charge in [-0.3, -0.25) is 0 Å². The van der Waals surface area contributed by atoms with E-state index in [1.807, 2.05) is 52.7 Å². The van der Waals surface area contributed by atoms with Crippen LogP contribution in [-0.2, 0) is 4.79 Å². The molecular weight excluding hydrogens is 356 g/mol. The molecule has 4 nitrogen and oxygen atoms in total. The van der Waals surface area contributed by atoms with Crippen molar-refractivity contribution in [2.75, 3.05) is 5.08 Å². The lowest BCUT2D eigenvalue weighted by Gasteiger charge is -2.06. The standard InChI is InChI=1S/C14H12O3S2.2C2H6.CH2O/c15-11-6-2-4-8-13(11)19-9-18-12-7-3-1-5-10(12)14(16)17;3*1-2/h1-8,15H,9H2,(H,16,17);2*1-2H3;1H2. The topological polar surface area (TPSA) is 74.6 Å². The zero-order valence-electron chi connectivity index (χ0n) is 15.1. The summed E-state index contributed by atoms with van der Waals surface area (Å²) in [5.74, 6) is -0.671. The minimum atomic E-state index is -0.921. The molecule has 2 N–H and O–H groups in total. The Morgan fingerprint density at radius 3 is 1.84 bits per heavy atom. The third-order valence-electron chi connectivity index (χ3n) is 2.41. The van der Waals surface area contributed by atoms with Crippen molar-refractivity contribution >= 4 is 36.3 Å². The van der Waals surface area contributed by atoms with Gasteiger partial charge in [0.05, 0.1) is 5.56 Å². The number of carbonyl (C=O) groups is 2. The van der Waals surface area contributed by atoms with Crippen LogP contribution in [-0.4, -0.2) is 28.1 Å². The number of carbonyl (C=O) groups excluding carboxylic acids is 1. The number of aromatic carboxylic acids is 1. The fourth-order valence-electron chi connectivity index (χ4n) is 1.50. The van der Waals surface area contributed by atoms with Crippen LogP contribution in [0.3, 0.4) is 0 Å². The van der Waals surface area contributed by atoms with Crippen LogP contribution in [0.25, 0.3) is 0 Å². The predicted molar refractivity (Wildman–Crippen MR) is 108 cm³/mol. The summed E-state index contributed by atoms with van der Waals surface area (Å²) >= 11 is 2.93. The Balaban J connectivity index is 0. The first-order valence-corrected chi connectivity index (χ1v) is 9.80. The van der Waals surface area contributed by atoms with E-state index in [1.165, 1.54) is 23.5 Å². The molecule has 0 aliphatic carbocycles. The van der Waals surface area contributed by atoms with Crippen molar-refractivity contribution in [3.63, 3.8) is 0 Å². The van der Waals surface area contributed by atoms with Crippen molar-refractivity contribution in [3.8, 4) is 5.75 Å². The van der Waals surface area contributed by atoms with Crippen LogP contribution in [0.4, 0.5) is 0 Å². The Morgan fingerprint density at radius 1 is 0.880 bits per heavy atom. The molecule has 2 aromatic carbocycles. The van der Waals surface area contributed by atoms with Crippen LogP contribution in [0.1, 0.15) is 38.1 Å². The van der Waals surface area contributed by atoms with E-state index in [2.05, 4.69) is 0 Å². The molecule has 2 aromatic rings. The third kappa shape index (κ3) is 9.84. The minimum Gasteiger partial charge on any atom is -0.507 e. The molecular formula is C19H26O4S2. The second-order valence-electron chi connectivity index (χ2n) is 3.68. The number of hydrogen-bond acceptors (Lipinski definition) is 5. The van der Waals surface area contributed by atoms with Crippen molar-refractivity contribution in [2.24, 2.45) is 0 Å². The molecule has 2 rings (SSSR count). The van der Waals surface area contributed by atoms with Gasteiger partial charge in [-0.05, 0) is 24.3 Å². The molecule has 0 aliphatic heterocycles. The van der Waals surface area contributed by atoms with E-state index in [9.17, 15) is 9.90 Å². The lowest BCUT2D eigenvalue weighted by molar-refractivity contribution is -0.0980. The highest BCUT2D eigenvalue weighted by Gasteiger charge is 2.09. The number of phenols is 1. The van der Waals surface area contributed by atoms with E-state index in [1.54, 1.807) is 30.3 Å². The monoisotopic (exact) mass is 382 g/mol. The maximum absolute atomic E-state index is 11.0. The Kier molecular flexibility index (Phi) is 17.1. The molecule has 0 unspecified atom stereocenters. The Labute approximate surface area is 158 Å². The Morgan fingerprint density at radius 2 is 1.32 bits per heavy atom. The van der Waals surface area contributed by atoms with Gasteiger partial charge in [-0.1, -0.05) is 52.0 Å². The maximum Gasteiger partial charge on any atom is 0.336 e. The molecule has 0 spiro atoms. The van der Waals surface area contributed by atoms with Gasteiger partial charge >= 0.3 is 5.97 Å². The molecule has 0 bridgehead atoms. The van der Waals surface area contributed by atoms with Crippen molar-refractivity contribution < 1.29 is 19.8 Å². The number of carboxylic acid groups (broad SMARTS) is 1. The number of benzene rings is 2. The molecule has 0 aliphatic rings. The Hall–Kier alpha value is -1.92. The quantitative estimate of drug-likeness (QED) is 0.503. The summed E-state index contributed by atoms with van der Waals surface area (Å²) in [6.07, 6.45) is 0. The first kappa shape index (κ1) is 25.3. The Bertz CT molecular complexity index is 603. The molecule has 0 radical (unpaired) electrons. The number of aromatic hydroxyl groups is 1. The number of carboxylic acids is 1. The first-order chi connectivity index (χ1) is 12.2. The van der Waals surface area contributed by atoms with Gasteiger partial charge < -0.3 is 15.0 Å². The van der Waals surface area contributed by atoms with E-state index >= 15 is 0 Å². The summed E-state index contributed by atoms with van der Waals surface area (Å²) in [5, 5.41) is 19.3. The van der Waals surface area contributed by atoms with Crippen LogP contribution in [0.2, 0.25) is 0 Å². The predicted octanol–water partition coefficient (Wildman–Crippen LogP) is 5.80. The van der Waals surface area contributed by atoms with E-state index in [0.29, 0.717) is 10.6 Å². The highest BCUT2D eigenvalue weighted by Crippen LogP contribution is 2.33. The van der Waals surface area contributed by atoms with E-state index < -0.39 is 5.97 Å². The molecule has 0 fully saturated rings. The first-order valence-electron chi connectivity index (χ1n) is 7.83. The number of phenolic OH excluding ortho intramolecular Hbond substituents is 1. The lowest BCUT2D eigenvalue weighted by atomic mass is 10.2. The molecule has 0 saturated carbocycles. The van der Waals surface area contributed by atoms with Crippen LogP contribution in [0, 0.1) is 0 Å². The second-order valence-corrected chi connectivity index (χ2v) is 6.08. The number of hydrogen-bond donors (Lipinski definition) is 2. The molecule has 0 amide bonds. The summed E-state index contributed by atoms with van der Waals surface area (Å²) in [7, 11) is 0. The van der Waals surface area contributed by atoms with Crippen molar-refractivity contribution in [1.29, 1.82) is 0 Å². The normalized spacial score (nSPS) is 8.48. The van der Waals surface area contributed by atoms with Crippen molar-refractivity contribution in [3.05, 3.63) is 54.1 Å². The maximum atomic E-state index is 11.0. The van der Waals surface area contributed by atoms with E-state index in [4.69, 9.17) is 9.90 Å². The molecule has 0 saturated heterocycles. The van der Waals surface area contributed by atoms with Gasteiger partial charge in [0, 0.05) is 14.9 Å². The molecule has 6 heteroatoms. The van der Waals surface area contributed by atoms with Crippen LogP contribution < -0.4 is 0 Å². The average molecular weight is 383 g/mol. The van der Waals surface area contributed by atoms with E-state index in [-0.39, 0.29) is 5.75 Å². The highest BCUT2D eigenvalue weighted by molar-refractivity contribution is 8.16. The zero-order chi connectivity index (χ0) is 19.7. The van der Waals surface area contributed by atoms with Crippen LogP contribution in [0.5, 0.6) is 5.75 Å². The molecule has 0 heterocycles. The van der Waals surface area contributed by atoms with Gasteiger partial charge in [-0.25, -0.2) is 4.79 Å². The smallest absolute Gasteiger partial charge is 0.336 e. The molecule has 0 atom stereocenters. The largest absolute Gasteiger partial charge is 0.507 e. The fraction of sp³-hybridized carbons (Fsp3) is 0.263. The molecule has 25 heavy (non-hydrogen) atoms. The lowest BCUT2D eigenvalue weighted by Crippen LogP contribution is -1.98. The summed E-state index contributed by atoms with van der Waals surface area (Å²) in [5.41, 5.74) is 0.311. The summed E-state index contributed by atoms with van der Waals surface area (Å²) in [6, 6.07) is 14.0. The third-order valence-corrected chi connectivity index (χ3v) is 4.68. The molecule has 0 aromatic heterocycles. The summed E-state index contributed by atoms with van der Waals surface area (Å²) in [6.45, 7) is 10.0. The summed E-state index contributed by atoms with van der Waals surface area (Å²) < 4.78 is 0. The average Bonchev–Trinajstić information content (AvgIpc) is 2.68. The minimum absolute atomic E-state index is 0.250. The fourth-order valence-corrected chi connectivity index (χ4v) is 3.63. The van der Waals surface area contributed by atoms with E-state index in [0.717, 1.165) is 9.79 Å². The van der Waals surface area contributed by atoms with Crippen LogP contribution in [0.15, 0.2) is 58.3 Å². The molecule has 138 valence electrons. The van der Waals surface area contributed by atoms with Crippen molar-refractivity contribution in [1.82, 2.24) is 0 Å².